The maximum Gasteiger partial charge on any atom is 0.407 e. The Morgan fingerprint density at radius 3 is 1.24 bits per heavy atom. The number of rotatable bonds is 14. The molecule has 0 radical (unpaired) electrons. The minimum atomic E-state index is -0.379. The Bertz CT molecular complexity index is 960. The second-order valence-electron chi connectivity index (χ2n) is 16.5. The number of likely N-dealkylation sites (N-methyl/N-ethyl adjacent to an activating group) is 2. The Labute approximate surface area is 296 Å². The maximum absolute atomic E-state index is 12.5. The molecule has 4 aliphatic rings. The third-order valence-corrected chi connectivity index (χ3v) is 12.8. The number of alkyl carbamates (subject to hydrolysis) is 2. The van der Waals surface area contributed by atoms with Gasteiger partial charge in [0.1, 0.15) is 13.2 Å². The summed E-state index contributed by atoms with van der Waals surface area (Å²) >= 11 is 0. The molecule has 49 heavy (non-hydrogen) atoms. The van der Waals surface area contributed by atoms with E-state index in [0.29, 0.717) is 49.6 Å². The molecule has 4 aliphatic carbocycles. The highest BCUT2D eigenvalue weighted by Gasteiger charge is 2.41. The summed E-state index contributed by atoms with van der Waals surface area (Å²) in [5.74, 6) is 2.52. The van der Waals surface area contributed by atoms with E-state index in [1.54, 1.807) is 23.9 Å². The van der Waals surface area contributed by atoms with Crippen LogP contribution in [0.2, 0.25) is 0 Å². The standard InChI is InChI=1S/C39H68N4O6/c1-39(2,31-15-19-33(20-16-31)40-37(46)48-25-23-42(3)35(44)27-29-11-7-5-8-12-29)32-17-21-34(22-18-32)41-38(47)49-26-24-43(4)36(45)28-30-13-9-6-10-14-30/h29-34H,5-28H2,1-4H3,(H,40,46)(H,41,47). The van der Waals surface area contributed by atoms with Gasteiger partial charge in [0.2, 0.25) is 11.8 Å². The molecule has 0 spiro atoms. The fourth-order valence-electron chi connectivity index (χ4n) is 9.10. The van der Waals surface area contributed by atoms with Crippen molar-refractivity contribution in [2.24, 2.45) is 29.1 Å². The Morgan fingerprint density at radius 2 is 0.898 bits per heavy atom. The maximum atomic E-state index is 12.5. The molecule has 0 aromatic carbocycles. The van der Waals surface area contributed by atoms with Crippen molar-refractivity contribution >= 4 is 24.0 Å². The topological polar surface area (TPSA) is 117 Å². The lowest BCUT2D eigenvalue weighted by molar-refractivity contribution is -0.132. The van der Waals surface area contributed by atoms with Gasteiger partial charge in [-0.05, 0) is 106 Å². The third kappa shape index (κ3) is 13.0. The van der Waals surface area contributed by atoms with E-state index >= 15 is 0 Å². The van der Waals surface area contributed by atoms with Crippen LogP contribution in [0.1, 0.15) is 142 Å². The van der Waals surface area contributed by atoms with Gasteiger partial charge in [-0.15, -0.1) is 0 Å². The largest absolute Gasteiger partial charge is 0.448 e. The Hall–Kier alpha value is -2.52. The molecule has 0 aromatic heterocycles. The van der Waals surface area contributed by atoms with Crippen LogP contribution in [0.5, 0.6) is 0 Å². The normalized spacial score (nSPS) is 25.6. The predicted octanol–water partition coefficient (Wildman–Crippen LogP) is 7.44. The summed E-state index contributed by atoms with van der Waals surface area (Å²) in [5.41, 5.74) is 0.195. The first-order valence-electron chi connectivity index (χ1n) is 19.9. The van der Waals surface area contributed by atoms with E-state index in [4.69, 9.17) is 9.47 Å². The lowest BCUT2D eigenvalue weighted by Crippen LogP contribution is -2.44. The molecule has 4 rings (SSSR count). The molecule has 10 heteroatoms. The molecule has 4 amide bonds. The Kier molecular flexibility index (Phi) is 15.8. The smallest absolute Gasteiger partial charge is 0.407 e. The summed E-state index contributed by atoms with van der Waals surface area (Å²) in [6.45, 7) is 6.11. The highest BCUT2D eigenvalue weighted by Crippen LogP contribution is 2.48. The van der Waals surface area contributed by atoms with Crippen molar-refractivity contribution in [3.05, 3.63) is 0 Å². The zero-order valence-electron chi connectivity index (χ0n) is 31.3. The van der Waals surface area contributed by atoms with Crippen molar-refractivity contribution in [2.75, 3.05) is 40.4 Å². The molecule has 0 unspecified atom stereocenters. The molecule has 4 saturated carbocycles. The van der Waals surface area contributed by atoms with Gasteiger partial charge in [-0.25, -0.2) is 9.59 Å². The SMILES string of the molecule is CN(CCOC(=O)NC1CCC(C(C)(C)C2CCC(NC(=O)OCCN(C)C(=O)CC3CCCCC3)CC2)CC1)C(=O)CC1CCCCC1. The minimum absolute atomic E-state index is 0.131. The molecule has 10 nitrogen and oxygen atoms in total. The number of hydrogen-bond donors (Lipinski definition) is 2. The van der Waals surface area contributed by atoms with Crippen LogP contribution in [0, 0.1) is 29.1 Å². The quantitative estimate of drug-likeness (QED) is 0.196. The number of carbonyl (C=O) groups excluding carboxylic acids is 4. The number of amides is 4. The number of nitrogens with zero attached hydrogens (tertiary/aromatic N) is 2. The number of hydrogen-bond acceptors (Lipinski definition) is 6. The zero-order valence-corrected chi connectivity index (χ0v) is 31.3. The molecule has 0 atom stereocenters. The van der Waals surface area contributed by atoms with Crippen LogP contribution in [0.25, 0.3) is 0 Å². The summed E-state index contributed by atoms with van der Waals surface area (Å²) < 4.78 is 10.9. The fraction of sp³-hybridized carbons (Fsp3) is 0.897. The van der Waals surface area contributed by atoms with Gasteiger partial charge in [0.25, 0.3) is 0 Å². The Morgan fingerprint density at radius 1 is 0.551 bits per heavy atom. The summed E-state index contributed by atoms with van der Waals surface area (Å²) in [6, 6.07) is 0.261. The van der Waals surface area contributed by atoms with E-state index in [2.05, 4.69) is 24.5 Å². The van der Waals surface area contributed by atoms with Crippen LogP contribution in [0.15, 0.2) is 0 Å². The second kappa shape index (κ2) is 19.8. The van der Waals surface area contributed by atoms with Gasteiger partial charge < -0.3 is 29.9 Å². The first-order chi connectivity index (χ1) is 23.5. The molecule has 280 valence electrons. The minimum Gasteiger partial charge on any atom is -0.448 e. The van der Waals surface area contributed by atoms with Crippen LogP contribution in [0.4, 0.5) is 9.59 Å². The van der Waals surface area contributed by atoms with E-state index in [9.17, 15) is 19.2 Å². The van der Waals surface area contributed by atoms with E-state index < -0.39 is 0 Å². The van der Waals surface area contributed by atoms with Crippen molar-refractivity contribution in [2.45, 2.75) is 154 Å². The lowest BCUT2D eigenvalue weighted by atomic mass is 9.60. The lowest BCUT2D eigenvalue weighted by Gasteiger charge is -2.46. The molecule has 0 saturated heterocycles. The van der Waals surface area contributed by atoms with Crippen molar-refractivity contribution < 1.29 is 28.7 Å². The monoisotopic (exact) mass is 689 g/mol. The van der Waals surface area contributed by atoms with Gasteiger partial charge in [0.15, 0.2) is 0 Å². The molecule has 0 bridgehead atoms. The number of nitrogens with one attached hydrogen (secondary N) is 2. The molecular weight excluding hydrogens is 620 g/mol. The van der Waals surface area contributed by atoms with E-state index in [1.165, 1.54) is 38.5 Å². The van der Waals surface area contributed by atoms with Crippen LogP contribution < -0.4 is 10.6 Å². The highest BCUT2D eigenvalue weighted by atomic mass is 16.6. The van der Waals surface area contributed by atoms with Crippen molar-refractivity contribution in [3.63, 3.8) is 0 Å². The second-order valence-corrected chi connectivity index (χ2v) is 16.5. The van der Waals surface area contributed by atoms with Gasteiger partial charge in [-0.2, -0.15) is 0 Å². The average molecular weight is 689 g/mol. The fourth-order valence-corrected chi connectivity index (χ4v) is 9.10. The van der Waals surface area contributed by atoms with Gasteiger partial charge in [0, 0.05) is 39.0 Å². The first-order valence-corrected chi connectivity index (χ1v) is 19.9. The summed E-state index contributed by atoms with van der Waals surface area (Å²) in [6.07, 6.45) is 20.7. The van der Waals surface area contributed by atoms with E-state index in [0.717, 1.165) is 77.0 Å². The summed E-state index contributed by atoms with van der Waals surface area (Å²) in [7, 11) is 3.61. The van der Waals surface area contributed by atoms with Gasteiger partial charge in [-0.1, -0.05) is 52.4 Å². The molecule has 2 N–H and O–H groups in total. The zero-order chi connectivity index (χ0) is 35.2. The van der Waals surface area contributed by atoms with E-state index in [1.807, 2.05) is 0 Å². The van der Waals surface area contributed by atoms with Crippen LogP contribution in [0.3, 0.4) is 0 Å². The van der Waals surface area contributed by atoms with Gasteiger partial charge in [-0.3, -0.25) is 9.59 Å². The molecule has 0 aliphatic heterocycles. The molecule has 0 heterocycles. The number of ether oxygens (including phenoxy) is 2. The van der Waals surface area contributed by atoms with Crippen LogP contribution in [-0.4, -0.2) is 86.3 Å². The third-order valence-electron chi connectivity index (χ3n) is 12.8. The Balaban J connectivity index is 1.05. The molecule has 4 fully saturated rings. The summed E-state index contributed by atoms with van der Waals surface area (Å²) in [5, 5.41) is 6.14. The first kappa shape index (κ1) is 39.3. The molecular formula is C39H68N4O6. The van der Waals surface area contributed by atoms with Crippen LogP contribution >= 0.6 is 0 Å². The molecule has 0 aromatic rings. The van der Waals surface area contributed by atoms with E-state index in [-0.39, 0.29) is 54.7 Å². The average Bonchev–Trinajstić information content (AvgIpc) is 3.09. The van der Waals surface area contributed by atoms with Gasteiger partial charge in [0.05, 0.1) is 13.1 Å². The number of carbonyl (C=O) groups is 4. The predicted molar refractivity (Wildman–Crippen MR) is 192 cm³/mol. The van der Waals surface area contributed by atoms with Crippen LogP contribution in [-0.2, 0) is 19.1 Å². The summed E-state index contributed by atoms with van der Waals surface area (Å²) in [4.78, 5) is 53.5. The van der Waals surface area contributed by atoms with Gasteiger partial charge >= 0.3 is 12.2 Å². The van der Waals surface area contributed by atoms with Crippen molar-refractivity contribution in [1.82, 2.24) is 20.4 Å². The van der Waals surface area contributed by atoms with Crippen molar-refractivity contribution in [1.29, 1.82) is 0 Å². The highest BCUT2D eigenvalue weighted by molar-refractivity contribution is 5.76. The van der Waals surface area contributed by atoms with Crippen molar-refractivity contribution in [3.8, 4) is 0 Å².